The average Bonchev–Trinajstić information content (AvgIpc) is 2.30. The van der Waals surface area contributed by atoms with Gasteiger partial charge in [-0.2, -0.15) is 0 Å². The predicted octanol–water partition coefficient (Wildman–Crippen LogP) is 1.71. The van der Waals surface area contributed by atoms with Crippen LogP contribution in [0.4, 0.5) is 5.69 Å². The van der Waals surface area contributed by atoms with Gasteiger partial charge in [-0.1, -0.05) is 13.8 Å². The lowest BCUT2D eigenvalue weighted by atomic mass is 10.0. The molecule has 0 bridgehead atoms. The molecule has 0 aliphatic rings. The van der Waals surface area contributed by atoms with Crippen LogP contribution < -0.4 is 15.8 Å². The zero-order valence-corrected chi connectivity index (χ0v) is 10.9. The van der Waals surface area contributed by atoms with Crippen molar-refractivity contribution in [1.29, 1.82) is 0 Å². The van der Waals surface area contributed by atoms with Gasteiger partial charge in [0.15, 0.2) is 0 Å². The lowest BCUT2D eigenvalue weighted by Crippen LogP contribution is -2.36. The van der Waals surface area contributed by atoms with Crippen molar-refractivity contribution in [1.82, 2.24) is 0 Å². The Balaban J connectivity index is 2.70. The van der Waals surface area contributed by atoms with Gasteiger partial charge in [0.1, 0.15) is 11.5 Å². The van der Waals surface area contributed by atoms with E-state index < -0.39 is 6.04 Å². The molecule has 100 valence electrons. The second-order valence-corrected chi connectivity index (χ2v) is 4.61. The number of phenolic OH excluding ortho intramolecular Hbond substituents is 1. The minimum Gasteiger partial charge on any atom is -0.506 e. The Hall–Kier alpha value is -1.75. The van der Waals surface area contributed by atoms with Gasteiger partial charge < -0.3 is 20.9 Å². The van der Waals surface area contributed by atoms with E-state index in [-0.39, 0.29) is 11.7 Å². The van der Waals surface area contributed by atoms with E-state index in [0.29, 0.717) is 23.8 Å². The number of phenols is 1. The van der Waals surface area contributed by atoms with Crippen molar-refractivity contribution in [3.05, 3.63) is 18.2 Å². The fraction of sp³-hybridized carbons (Fsp3) is 0.462. The number of carbonyl (C=O) groups is 1. The van der Waals surface area contributed by atoms with Crippen LogP contribution >= 0.6 is 0 Å². The summed E-state index contributed by atoms with van der Waals surface area (Å²) in [6, 6.07) is 4.09. The molecule has 1 amide bonds. The molecule has 0 saturated heterocycles. The number of hydrogen-bond acceptors (Lipinski definition) is 4. The molecule has 1 rings (SSSR count). The monoisotopic (exact) mass is 252 g/mol. The largest absolute Gasteiger partial charge is 0.506 e. The molecule has 0 saturated carbocycles. The summed E-state index contributed by atoms with van der Waals surface area (Å²) in [5.74, 6) is 0.524. The number of ether oxygens (including phenoxy) is 1. The predicted molar refractivity (Wildman–Crippen MR) is 70.7 cm³/mol. The summed E-state index contributed by atoms with van der Waals surface area (Å²) >= 11 is 0. The van der Waals surface area contributed by atoms with E-state index in [4.69, 9.17) is 10.5 Å². The first-order valence-electron chi connectivity index (χ1n) is 5.87. The summed E-state index contributed by atoms with van der Waals surface area (Å²) < 4.78 is 4.96. The molecule has 0 aromatic heterocycles. The Kier molecular flexibility index (Phi) is 4.97. The van der Waals surface area contributed by atoms with Crippen molar-refractivity contribution < 1.29 is 14.6 Å². The van der Waals surface area contributed by atoms with E-state index in [1.807, 2.05) is 13.8 Å². The first-order chi connectivity index (χ1) is 8.43. The first kappa shape index (κ1) is 14.3. The Morgan fingerprint density at radius 1 is 1.50 bits per heavy atom. The molecule has 0 spiro atoms. The normalized spacial score (nSPS) is 12.3. The van der Waals surface area contributed by atoms with Crippen LogP contribution in [0.15, 0.2) is 18.2 Å². The average molecular weight is 252 g/mol. The lowest BCUT2D eigenvalue weighted by molar-refractivity contribution is -0.117. The molecule has 4 N–H and O–H groups in total. The molecule has 0 heterocycles. The third kappa shape index (κ3) is 3.92. The number of methoxy groups -OCH3 is 1. The van der Waals surface area contributed by atoms with Crippen LogP contribution in [0, 0.1) is 5.92 Å². The highest BCUT2D eigenvalue weighted by Crippen LogP contribution is 2.27. The number of carbonyl (C=O) groups excluding carboxylic acids is 1. The number of hydrogen-bond donors (Lipinski definition) is 3. The molecule has 0 fully saturated rings. The molecule has 1 aromatic carbocycles. The molecule has 5 nitrogen and oxygen atoms in total. The Morgan fingerprint density at radius 3 is 2.67 bits per heavy atom. The van der Waals surface area contributed by atoms with Crippen LogP contribution in [0.1, 0.15) is 20.3 Å². The number of anilines is 1. The Labute approximate surface area is 107 Å². The summed E-state index contributed by atoms with van der Waals surface area (Å²) in [5.41, 5.74) is 6.09. The molecule has 1 aromatic rings. The van der Waals surface area contributed by atoms with Gasteiger partial charge in [-0.15, -0.1) is 0 Å². The summed E-state index contributed by atoms with van der Waals surface area (Å²) in [6.07, 6.45) is 0.600. The summed E-state index contributed by atoms with van der Waals surface area (Å²) in [7, 11) is 1.51. The maximum Gasteiger partial charge on any atom is 0.241 e. The number of aromatic hydroxyl groups is 1. The van der Waals surface area contributed by atoms with Crippen LogP contribution in [0.3, 0.4) is 0 Å². The summed E-state index contributed by atoms with van der Waals surface area (Å²) in [4.78, 5) is 11.8. The van der Waals surface area contributed by atoms with Crippen molar-refractivity contribution in [2.75, 3.05) is 12.4 Å². The third-order valence-corrected chi connectivity index (χ3v) is 2.52. The minimum atomic E-state index is -0.577. The van der Waals surface area contributed by atoms with Crippen LogP contribution in [0.25, 0.3) is 0 Å². The Morgan fingerprint density at radius 2 is 2.17 bits per heavy atom. The second-order valence-electron chi connectivity index (χ2n) is 4.61. The molecule has 0 radical (unpaired) electrons. The van der Waals surface area contributed by atoms with Crippen molar-refractivity contribution in [3.63, 3.8) is 0 Å². The van der Waals surface area contributed by atoms with Gasteiger partial charge in [0.2, 0.25) is 5.91 Å². The van der Waals surface area contributed by atoms with Crippen LogP contribution in [0.2, 0.25) is 0 Å². The van der Waals surface area contributed by atoms with Gasteiger partial charge in [-0.05, 0) is 24.5 Å². The molecule has 0 aliphatic heterocycles. The quantitative estimate of drug-likeness (QED) is 0.696. The van der Waals surface area contributed by atoms with E-state index in [0.717, 1.165) is 0 Å². The molecule has 5 heteroatoms. The smallest absolute Gasteiger partial charge is 0.241 e. The van der Waals surface area contributed by atoms with E-state index in [1.165, 1.54) is 13.2 Å². The molecule has 1 unspecified atom stereocenters. The number of nitrogens with two attached hydrogens (primary N) is 1. The maximum atomic E-state index is 11.8. The van der Waals surface area contributed by atoms with E-state index >= 15 is 0 Å². The Bertz CT molecular complexity index is 419. The number of amides is 1. The van der Waals surface area contributed by atoms with Gasteiger partial charge in [-0.3, -0.25) is 4.79 Å². The van der Waals surface area contributed by atoms with E-state index in [9.17, 15) is 9.90 Å². The molecular weight excluding hydrogens is 232 g/mol. The van der Waals surface area contributed by atoms with Gasteiger partial charge in [0, 0.05) is 6.07 Å². The van der Waals surface area contributed by atoms with E-state index in [2.05, 4.69) is 5.32 Å². The highest BCUT2D eigenvalue weighted by Gasteiger charge is 2.16. The summed E-state index contributed by atoms with van der Waals surface area (Å²) in [5, 5.41) is 12.3. The molecule has 18 heavy (non-hydrogen) atoms. The maximum absolute atomic E-state index is 11.8. The minimum absolute atomic E-state index is 0.0422. The fourth-order valence-corrected chi connectivity index (χ4v) is 1.58. The van der Waals surface area contributed by atoms with Crippen LogP contribution in [-0.4, -0.2) is 24.2 Å². The number of benzene rings is 1. The zero-order chi connectivity index (χ0) is 13.7. The van der Waals surface area contributed by atoms with Crippen molar-refractivity contribution in [3.8, 4) is 11.5 Å². The highest BCUT2D eigenvalue weighted by atomic mass is 16.5. The number of rotatable bonds is 5. The van der Waals surface area contributed by atoms with Crippen molar-refractivity contribution in [2.24, 2.45) is 11.7 Å². The first-order valence-corrected chi connectivity index (χ1v) is 5.87. The van der Waals surface area contributed by atoms with Gasteiger partial charge in [-0.25, -0.2) is 0 Å². The SMILES string of the molecule is COc1ccc(NC(=O)C(N)CC(C)C)c(O)c1. The van der Waals surface area contributed by atoms with Gasteiger partial charge in [0.05, 0.1) is 18.8 Å². The summed E-state index contributed by atoms with van der Waals surface area (Å²) in [6.45, 7) is 4.00. The lowest BCUT2D eigenvalue weighted by Gasteiger charge is -2.15. The second kappa shape index (κ2) is 6.26. The van der Waals surface area contributed by atoms with Gasteiger partial charge >= 0.3 is 0 Å². The standard InChI is InChI=1S/C13H20N2O3/c1-8(2)6-10(14)13(17)15-11-5-4-9(18-3)7-12(11)16/h4-5,7-8,10,16H,6,14H2,1-3H3,(H,15,17). The number of nitrogens with one attached hydrogen (secondary N) is 1. The topological polar surface area (TPSA) is 84.6 Å². The van der Waals surface area contributed by atoms with Crippen molar-refractivity contribution >= 4 is 11.6 Å². The molecular formula is C13H20N2O3. The van der Waals surface area contributed by atoms with E-state index in [1.54, 1.807) is 12.1 Å². The van der Waals surface area contributed by atoms with Gasteiger partial charge in [0.25, 0.3) is 0 Å². The van der Waals surface area contributed by atoms with Crippen molar-refractivity contribution in [2.45, 2.75) is 26.3 Å². The molecule has 1 atom stereocenters. The molecule has 0 aliphatic carbocycles. The third-order valence-electron chi connectivity index (χ3n) is 2.52. The van der Waals surface area contributed by atoms with Crippen LogP contribution in [-0.2, 0) is 4.79 Å². The van der Waals surface area contributed by atoms with Crippen LogP contribution in [0.5, 0.6) is 11.5 Å². The zero-order valence-electron chi connectivity index (χ0n) is 10.9. The highest BCUT2D eigenvalue weighted by molar-refractivity contribution is 5.95. The fourth-order valence-electron chi connectivity index (χ4n) is 1.58.